The number of likely N-dealkylation sites (tertiary alicyclic amines) is 1. The van der Waals surface area contributed by atoms with E-state index in [4.69, 9.17) is 4.74 Å². The minimum absolute atomic E-state index is 0.0743. The average Bonchev–Trinajstić information content (AvgIpc) is 2.48. The highest BCUT2D eigenvalue weighted by Gasteiger charge is 2.41. The molecule has 4 heteroatoms. The highest BCUT2D eigenvalue weighted by atomic mass is 16.5. The van der Waals surface area contributed by atoms with Gasteiger partial charge in [0.1, 0.15) is 0 Å². The molecule has 1 unspecified atom stereocenters. The van der Waals surface area contributed by atoms with Gasteiger partial charge in [-0.3, -0.25) is 9.69 Å². The molecule has 1 fully saturated rings. The van der Waals surface area contributed by atoms with E-state index in [1.807, 2.05) is 30.3 Å². The summed E-state index contributed by atoms with van der Waals surface area (Å²) in [6.45, 7) is 2.28. The summed E-state index contributed by atoms with van der Waals surface area (Å²) < 4.78 is 5.41. The van der Waals surface area contributed by atoms with Crippen LogP contribution in [0.25, 0.3) is 0 Å². The molecule has 0 amide bonds. The van der Waals surface area contributed by atoms with Crippen LogP contribution >= 0.6 is 0 Å². The smallest absolute Gasteiger partial charge is 0.305 e. The van der Waals surface area contributed by atoms with Gasteiger partial charge in [-0.25, -0.2) is 0 Å². The molecule has 1 saturated heterocycles. The Hall–Kier alpha value is -1.39. The second-order valence-electron chi connectivity index (χ2n) is 5.45. The lowest BCUT2D eigenvalue weighted by atomic mass is 9.84. The number of methoxy groups -OCH3 is 1. The fourth-order valence-electron chi connectivity index (χ4n) is 3.18. The second-order valence-corrected chi connectivity index (χ2v) is 5.45. The number of carboxylic acid groups (broad SMARTS) is 1. The van der Waals surface area contributed by atoms with Crippen molar-refractivity contribution in [3.63, 3.8) is 0 Å². The summed E-state index contributed by atoms with van der Waals surface area (Å²) >= 11 is 0. The van der Waals surface area contributed by atoms with Crippen LogP contribution in [0, 0.1) is 0 Å². The quantitative estimate of drug-likeness (QED) is 0.868. The Balaban J connectivity index is 2.40. The molecule has 1 heterocycles. The Labute approximate surface area is 120 Å². The predicted molar refractivity (Wildman–Crippen MR) is 77.7 cm³/mol. The molecule has 0 radical (unpaired) electrons. The molecule has 20 heavy (non-hydrogen) atoms. The normalized spacial score (nSPS) is 19.4. The first-order chi connectivity index (χ1) is 9.69. The maximum Gasteiger partial charge on any atom is 0.305 e. The molecule has 1 aliphatic rings. The maximum atomic E-state index is 11.4. The lowest BCUT2D eigenvalue weighted by molar-refractivity contribution is -0.142. The first-order valence-corrected chi connectivity index (χ1v) is 7.20. The third-order valence-electron chi connectivity index (χ3n) is 4.10. The van der Waals surface area contributed by atoms with E-state index in [2.05, 4.69) is 4.90 Å². The van der Waals surface area contributed by atoms with Gasteiger partial charge < -0.3 is 9.84 Å². The van der Waals surface area contributed by atoms with E-state index < -0.39 is 11.5 Å². The Morgan fingerprint density at radius 1 is 1.25 bits per heavy atom. The van der Waals surface area contributed by atoms with E-state index in [1.54, 1.807) is 7.11 Å². The van der Waals surface area contributed by atoms with Crippen molar-refractivity contribution in [2.45, 2.75) is 31.2 Å². The lowest BCUT2D eigenvalue weighted by Crippen LogP contribution is -2.52. The van der Waals surface area contributed by atoms with E-state index in [9.17, 15) is 9.90 Å². The van der Waals surface area contributed by atoms with Gasteiger partial charge in [-0.05, 0) is 31.5 Å². The topological polar surface area (TPSA) is 49.8 Å². The molecule has 0 saturated carbocycles. The first-order valence-electron chi connectivity index (χ1n) is 7.20. The van der Waals surface area contributed by atoms with Gasteiger partial charge in [0.25, 0.3) is 0 Å². The summed E-state index contributed by atoms with van der Waals surface area (Å²) in [5.41, 5.74) is 0.480. The van der Waals surface area contributed by atoms with Crippen molar-refractivity contribution < 1.29 is 14.6 Å². The van der Waals surface area contributed by atoms with Crippen molar-refractivity contribution in [3.8, 4) is 0 Å². The highest BCUT2D eigenvalue weighted by Crippen LogP contribution is 2.35. The van der Waals surface area contributed by atoms with Crippen molar-refractivity contribution in [2.75, 3.05) is 26.8 Å². The van der Waals surface area contributed by atoms with Crippen LogP contribution in [0.15, 0.2) is 30.3 Å². The minimum Gasteiger partial charge on any atom is -0.481 e. The van der Waals surface area contributed by atoms with Gasteiger partial charge in [0.05, 0.1) is 18.6 Å². The van der Waals surface area contributed by atoms with Gasteiger partial charge in [-0.1, -0.05) is 36.8 Å². The Bertz CT molecular complexity index is 429. The third-order valence-corrected chi connectivity index (χ3v) is 4.10. The number of rotatable bonds is 6. The van der Waals surface area contributed by atoms with Crippen LogP contribution in [0.5, 0.6) is 0 Å². The zero-order valence-electron chi connectivity index (χ0n) is 12.0. The van der Waals surface area contributed by atoms with Crippen LogP contribution < -0.4 is 0 Å². The SMILES string of the molecule is COCC(CC(=O)O)(c1ccccc1)N1CCCCC1. The van der Waals surface area contributed by atoms with Crippen molar-refractivity contribution in [3.05, 3.63) is 35.9 Å². The van der Waals surface area contributed by atoms with Crippen LogP contribution in [0.4, 0.5) is 0 Å². The molecule has 4 nitrogen and oxygen atoms in total. The summed E-state index contributed by atoms with van der Waals surface area (Å²) in [5.74, 6) is -0.781. The van der Waals surface area contributed by atoms with Crippen LogP contribution in [0.2, 0.25) is 0 Å². The number of nitrogens with zero attached hydrogens (tertiary/aromatic N) is 1. The van der Waals surface area contributed by atoms with Gasteiger partial charge in [-0.2, -0.15) is 0 Å². The summed E-state index contributed by atoms with van der Waals surface area (Å²) in [6.07, 6.45) is 3.54. The molecule has 1 aliphatic heterocycles. The standard InChI is InChI=1S/C16H23NO3/c1-20-13-16(12-15(18)19,14-8-4-2-5-9-14)17-10-6-3-7-11-17/h2,4-5,8-9H,3,6-7,10-13H2,1H3,(H,18,19). The second kappa shape index (κ2) is 6.86. The van der Waals surface area contributed by atoms with Crippen LogP contribution in [-0.4, -0.2) is 42.8 Å². The fourth-order valence-corrected chi connectivity index (χ4v) is 3.18. The van der Waals surface area contributed by atoms with Crippen molar-refractivity contribution in [2.24, 2.45) is 0 Å². The van der Waals surface area contributed by atoms with Crippen LogP contribution in [-0.2, 0) is 15.1 Å². The molecule has 1 N–H and O–H groups in total. The molecule has 1 atom stereocenters. The zero-order valence-corrected chi connectivity index (χ0v) is 12.0. The van der Waals surface area contributed by atoms with Gasteiger partial charge >= 0.3 is 5.97 Å². The zero-order chi connectivity index (χ0) is 14.4. The average molecular weight is 277 g/mol. The molecule has 1 aromatic rings. The fraction of sp³-hybridized carbons (Fsp3) is 0.562. The minimum atomic E-state index is -0.781. The highest BCUT2D eigenvalue weighted by molar-refractivity contribution is 5.69. The number of piperidine rings is 1. The van der Waals surface area contributed by atoms with Gasteiger partial charge in [0.2, 0.25) is 0 Å². The van der Waals surface area contributed by atoms with Crippen molar-refractivity contribution in [1.82, 2.24) is 4.90 Å². The number of carbonyl (C=O) groups is 1. The number of benzene rings is 1. The van der Waals surface area contributed by atoms with Crippen LogP contribution in [0.3, 0.4) is 0 Å². The van der Waals surface area contributed by atoms with Crippen LogP contribution in [0.1, 0.15) is 31.2 Å². The largest absolute Gasteiger partial charge is 0.481 e. The molecule has 0 spiro atoms. The molecule has 110 valence electrons. The van der Waals surface area contributed by atoms with E-state index >= 15 is 0 Å². The number of ether oxygens (including phenoxy) is 1. The molecule has 0 bridgehead atoms. The Morgan fingerprint density at radius 3 is 2.45 bits per heavy atom. The molecule has 2 rings (SSSR count). The lowest BCUT2D eigenvalue weighted by Gasteiger charge is -2.45. The third kappa shape index (κ3) is 3.19. The number of aliphatic carboxylic acids is 1. The van der Waals surface area contributed by atoms with E-state index in [-0.39, 0.29) is 6.42 Å². The molecule has 1 aromatic carbocycles. The molecule has 0 aliphatic carbocycles. The van der Waals surface area contributed by atoms with Crippen molar-refractivity contribution >= 4 is 5.97 Å². The molecular weight excluding hydrogens is 254 g/mol. The molecular formula is C16H23NO3. The first kappa shape index (κ1) is 15.0. The number of hydrogen-bond donors (Lipinski definition) is 1. The van der Waals surface area contributed by atoms with E-state index in [1.165, 1.54) is 6.42 Å². The summed E-state index contributed by atoms with van der Waals surface area (Å²) in [4.78, 5) is 13.7. The van der Waals surface area contributed by atoms with E-state index in [0.717, 1.165) is 31.5 Å². The number of carboxylic acids is 1. The van der Waals surface area contributed by atoms with Gasteiger partial charge in [-0.15, -0.1) is 0 Å². The summed E-state index contributed by atoms with van der Waals surface area (Å²) in [5, 5.41) is 9.39. The van der Waals surface area contributed by atoms with Gasteiger partial charge in [0, 0.05) is 7.11 Å². The Morgan fingerprint density at radius 2 is 1.90 bits per heavy atom. The van der Waals surface area contributed by atoms with E-state index in [0.29, 0.717) is 6.61 Å². The summed E-state index contributed by atoms with van der Waals surface area (Å²) in [7, 11) is 1.64. The maximum absolute atomic E-state index is 11.4. The molecule has 0 aromatic heterocycles. The summed E-state index contributed by atoms with van der Waals surface area (Å²) in [6, 6.07) is 9.91. The monoisotopic (exact) mass is 277 g/mol. The van der Waals surface area contributed by atoms with Gasteiger partial charge in [0.15, 0.2) is 0 Å². The predicted octanol–water partition coefficient (Wildman–Crippen LogP) is 2.49. The number of hydrogen-bond acceptors (Lipinski definition) is 3. The van der Waals surface area contributed by atoms with Crippen molar-refractivity contribution in [1.29, 1.82) is 0 Å². The Kier molecular flexibility index (Phi) is 5.15.